The molecular formula is C10H14O4. The zero-order valence-electron chi connectivity index (χ0n) is 8.84. The number of methoxy groups -OCH3 is 1. The van der Waals surface area contributed by atoms with E-state index in [0.29, 0.717) is 0 Å². The first-order valence-electron chi connectivity index (χ1n) is 4.12. The molecule has 0 bridgehead atoms. The van der Waals surface area contributed by atoms with Gasteiger partial charge in [-0.2, -0.15) is 0 Å². The number of ether oxygens (including phenoxy) is 2. The highest BCUT2D eigenvalue weighted by atomic mass is 16.5. The molecule has 0 N–H and O–H groups in total. The largest absolute Gasteiger partial charge is 0.459 e. The summed E-state index contributed by atoms with van der Waals surface area (Å²) in [6.07, 6.45) is 0. The molecule has 0 aliphatic carbocycles. The van der Waals surface area contributed by atoms with Gasteiger partial charge in [0.2, 0.25) is 0 Å². The highest BCUT2D eigenvalue weighted by molar-refractivity contribution is 5.88. The summed E-state index contributed by atoms with van der Waals surface area (Å²) in [4.78, 5) is 21.7. The molecular weight excluding hydrogens is 184 g/mol. The maximum absolute atomic E-state index is 11.2. The first-order valence-corrected chi connectivity index (χ1v) is 4.12. The number of carbonyl (C=O) groups is 2. The Labute approximate surface area is 83.6 Å². The van der Waals surface area contributed by atoms with Crippen LogP contribution in [0.4, 0.5) is 0 Å². The van der Waals surface area contributed by atoms with Crippen LogP contribution in [0.25, 0.3) is 0 Å². The van der Waals surface area contributed by atoms with E-state index in [9.17, 15) is 9.59 Å². The summed E-state index contributed by atoms with van der Waals surface area (Å²) in [5.74, 6) is 3.53. The van der Waals surface area contributed by atoms with E-state index in [1.807, 2.05) is 0 Å². The minimum absolute atomic E-state index is 0.0921. The standard InChI is InChI=1S/C10H14O4/c1-10(2,3)9(12)14-7-5-6-8(11)13-4/h7H2,1-4H3. The summed E-state index contributed by atoms with van der Waals surface area (Å²) in [5, 5.41) is 0. The fourth-order valence-electron chi connectivity index (χ4n) is 0.477. The van der Waals surface area contributed by atoms with Gasteiger partial charge >= 0.3 is 11.9 Å². The van der Waals surface area contributed by atoms with Gasteiger partial charge < -0.3 is 9.47 Å². The molecule has 0 fully saturated rings. The van der Waals surface area contributed by atoms with Gasteiger partial charge in [0.05, 0.1) is 12.5 Å². The maximum Gasteiger partial charge on any atom is 0.384 e. The molecule has 78 valence electrons. The summed E-state index contributed by atoms with van der Waals surface area (Å²) >= 11 is 0. The lowest BCUT2D eigenvalue weighted by molar-refractivity contribution is -0.151. The quantitative estimate of drug-likeness (QED) is 0.354. The van der Waals surface area contributed by atoms with Crippen LogP contribution < -0.4 is 0 Å². The second-order valence-electron chi connectivity index (χ2n) is 3.62. The van der Waals surface area contributed by atoms with Crippen LogP contribution in [0.3, 0.4) is 0 Å². The van der Waals surface area contributed by atoms with E-state index in [2.05, 4.69) is 16.6 Å². The normalized spacial score (nSPS) is 9.71. The molecule has 4 heteroatoms. The minimum atomic E-state index is -0.642. The molecule has 0 aliphatic heterocycles. The Hall–Kier alpha value is -1.50. The second kappa shape index (κ2) is 5.28. The van der Waals surface area contributed by atoms with Gasteiger partial charge in [0.25, 0.3) is 0 Å². The van der Waals surface area contributed by atoms with Gasteiger partial charge in [-0.1, -0.05) is 0 Å². The predicted octanol–water partition coefficient (Wildman–Crippen LogP) is 0.752. The van der Waals surface area contributed by atoms with Crippen molar-refractivity contribution in [1.29, 1.82) is 0 Å². The molecule has 0 aromatic carbocycles. The third-order valence-electron chi connectivity index (χ3n) is 1.26. The van der Waals surface area contributed by atoms with Crippen molar-refractivity contribution in [2.24, 2.45) is 5.41 Å². The maximum atomic E-state index is 11.2. The smallest absolute Gasteiger partial charge is 0.384 e. The highest BCUT2D eigenvalue weighted by Crippen LogP contribution is 2.14. The van der Waals surface area contributed by atoms with Crippen molar-refractivity contribution >= 4 is 11.9 Å². The van der Waals surface area contributed by atoms with Crippen molar-refractivity contribution in [3.05, 3.63) is 0 Å². The van der Waals surface area contributed by atoms with Gasteiger partial charge in [-0.05, 0) is 26.7 Å². The molecule has 14 heavy (non-hydrogen) atoms. The Kier molecular flexibility index (Phi) is 4.71. The molecule has 0 aliphatic rings. The van der Waals surface area contributed by atoms with Gasteiger partial charge in [-0.25, -0.2) is 4.79 Å². The number of hydrogen-bond acceptors (Lipinski definition) is 4. The van der Waals surface area contributed by atoms with Gasteiger partial charge in [0, 0.05) is 5.92 Å². The second-order valence-corrected chi connectivity index (χ2v) is 3.62. The van der Waals surface area contributed by atoms with E-state index < -0.39 is 11.4 Å². The molecule has 4 nitrogen and oxygen atoms in total. The lowest BCUT2D eigenvalue weighted by Crippen LogP contribution is -2.23. The summed E-state index contributed by atoms with van der Waals surface area (Å²) in [6.45, 7) is 5.13. The van der Waals surface area contributed by atoms with Crippen LogP contribution in [-0.4, -0.2) is 25.7 Å². The third kappa shape index (κ3) is 5.20. The van der Waals surface area contributed by atoms with Gasteiger partial charge in [0.15, 0.2) is 6.61 Å². The van der Waals surface area contributed by atoms with Gasteiger partial charge in [-0.15, -0.1) is 0 Å². The van der Waals surface area contributed by atoms with Crippen molar-refractivity contribution in [3.63, 3.8) is 0 Å². The highest BCUT2D eigenvalue weighted by Gasteiger charge is 2.22. The van der Waals surface area contributed by atoms with Crippen LogP contribution in [0.5, 0.6) is 0 Å². The van der Waals surface area contributed by atoms with Gasteiger partial charge in [-0.3, -0.25) is 4.79 Å². The van der Waals surface area contributed by atoms with Crippen LogP contribution in [0.2, 0.25) is 0 Å². The van der Waals surface area contributed by atoms with Crippen molar-refractivity contribution in [2.45, 2.75) is 20.8 Å². The van der Waals surface area contributed by atoms with Crippen LogP contribution in [0.1, 0.15) is 20.8 Å². The van der Waals surface area contributed by atoms with Gasteiger partial charge in [0.1, 0.15) is 0 Å². The number of rotatable bonds is 1. The Morgan fingerprint density at radius 1 is 1.29 bits per heavy atom. The molecule has 0 saturated carbocycles. The van der Waals surface area contributed by atoms with Crippen molar-refractivity contribution in [1.82, 2.24) is 0 Å². The summed E-state index contributed by atoms with van der Waals surface area (Å²) in [5.41, 5.74) is -0.549. The topological polar surface area (TPSA) is 52.6 Å². The molecule has 0 rings (SSSR count). The fourth-order valence-corrected chi connectivity index (χ4v) is 0.477. The molecule has 0 saturated heterocycles. The van der Waals surface area contributed by atoms with Crippen LogP contribution in [-0.2, 0) is 19.1 Å². The molecule has 0 unspecified atom stereocenters. The van der Waals surface area contributed by atoms with E-state index in [4.69, 9.17) is 4.74 Å². The Morgan fingerprint density at radius 2 is 1.86 bits per heavy atom. The molecule has 0 aromatic heterocycles. The van der Waals surface area contributed by atoms with Crippen LogP contribution in [0.15, 0.2) is 0 Å². The van der Waals surface area contributed by atoms with E-state index in [0.717, 1.165) is 0 Å². The average Bonchev–Trinajstić information content (AvgIpc) is 2.09. The molecule has 0 spiro atoms. The molecule has 0 radical (unpaired) electrons. The van der Waals surface area contributed by atoms with E-state index >= 15 is 0 Å². The van der Waals surface area contributed by atoms with Crippen LogP contribution in [0, 0.1) is 17.3 Å². The number of hydrogen-bond donors (Lipinski definition) is 0. The van der Waals surface area contributed by atoms with Crippen molar-refractivity contribution in [3.8, 4) is 11.8 Å². The predicted molar refractivity (Wildman–Crippen MR) is 50.2 cm³/mol. The summed E-state index contributed by atoms with van der Waals surface area (Å²) in [7, 11) is 1.23. The Bertz CT molecular complexity index is 275. The van der Waals surface area contributed by atoms with Crippen molar-refractivity contribution in [2.75, 3.05) is 13.7 Å². The summed E-state index contributed by atoms with van der Waals surface area (Å²) < 4.78 is 9.05. The monoisotopic (exact) mass is 198 g/mol. The Morgan fingerprint density at radius 3 is 2.29 bits per heavy atom. The summed E-state index contributed by atoms with van der Waals surface area (Å²) in [6, 6.07) is 0. The third-order valence-corrected chi connectivity index (χ3v) is 1.26. The SMILES string of the molecule is COC(=O)C#CCOC(=O)C(C)(C)C. The number of esters is 2. The lowest BCUT2D eigenvalue weighted by Gasteiger charge is -2.14. The van der Waals surface area contributed by atoms with Crippen LogP contribution >= 0.6 is 0 Å². The number of carbonyl (C=O) groups excluding carboxylic acids is 2. The average molecular weight is 198 g/mol. The molecule has 0 amide bonds. The first kappa shape index (κ1) is 12.5. The van der Waals surface area contributed by atoms with E-state index in [-0.39, 0.29) is 12.6 Å². The van der Waals surface area contributed by atoms with E-state index in [1.54, 1.807) is 20.8 Å². The molecule has 0 atom stereocenters. The molecule has 0 heterocycles. The molecule has 0 aromatic rings. The Balaban J connectivity index is 3.90. The zero-order valence-corrected chi connectivity index (χ0v) is 8.84. The zero-order chi connectivity index (χ0) is 11.2. The van der Waals surface area contributed by atoms with E-state index in [1.165, 1.54) is 7.11 Å². The fraction of sp³-hybridized carbons (Fsp3) is 0.600. The minimum Gasteiger partial charge on any atom is -0.459 e. The van der Waals surface area contributed by atoms with Crippen molar-refractivity contribution < 1.29 is 19.1 Å². The first-order chi connectivity index (χ1) is 6.38. The lowest BCUT2D eigenvalue weighted by atomic mass is 9.97.